The van der Waals surface area contributed by atoms with E-state index in [-0.39, 0.29) is 0 Å². The second-order valence-electron chi connectivity index (χ2n) is 9.33. The van der Waals surface area contributed by atoms with Gasteiger partial charge in [0.05, 0.1) is 0 Å². The summed E-state index contributed by atoms with van der Waals surface area (Å²) in [5, 5.41) is 0. The predicted octanol–water partition coefficient (Wildman–Crippen LogP) is 9.74. The highest BCUT2D eigenvalue weighted by Crippen LogP contribution is 2.36. The number of benzene rings is 6. The van der Waals surface area contributed by atoms with Crippen molar-refractivity contribution in [3.63, 3.8) is 0 Å². The summed E-state index contributed by atoms with van der Waals surface area (Å²) in [6, 6.07) is 55.2. The Morgan fingerprint density at radius 2 is 0.579 bits per heavy atom. The van der Waals surface area contributed by atoms with E-state index in [4.69, 9.17) is 5.73 Å². The van der Waals surface area contributed by atoms with Gasteiger partial charge in [0.25, 0.3) is 0 Å². The van der Waals surface area contributed by atoms with Gasteiger partial charge in [-0.15, -0.1) is 0 Å². The van der Waals surface area contributed by atoms with Gasteiger partial charge in [-0.2, -0.15) is 0 Å². The Balaban J connectivity index is 1.29. The van der Waals surface area contributed by atoms with Crippen molar-refractivity contribution >= 4 is 22.7 Å². The number of nitrogens with zero attached hydrogens (tertiary/aromatic N) is 1. The van der Waals surface area contributed by atoms with E-state index >= 15 is 0 Å². The minimum absolute atomic E-state index is 0.780. The molecule has 0 fully saturated rings. The summed E-state index contributed by atoms with van der Waals surface area (Å²) in [7, 11) is 0. The molecule has 2 heteroatoms. The number of rotatable bonds is 6. The van der Waals surface area contributed by atoms with E-state index < -0.39 is 0 Å². The first-order valence-corrected chi connectivity index (χ1v) is 12.8. The molecule has 0 saturated carbocycles. The lowest BCUT2D eigenvalue weighted by Gasteiger charge is -2.26. The van der Waals surface area contributed by atoms with E-state index in [1.54, 1.807) is 0 Å². The first-order chi connectivity index (χ1) is 18.7. The monoisotopic (exact) mass is 488 g/mol. The SMILES string of the molecule is Nc1ccc(-c2ccc(-c3ccc(N(c4ccccc4)c4ccc(-c5ccccc5)cc4)cc3)cc2)cc1. The van der Waals surface area contributed by atoms with Crippen molar-refractivity contribution in [2.24, 2.45) is 0 Å². The van der Waals surface area contributed by atoms with Gasteiger partial charge in [-0.25, -0.2) is 0 Å². The van der Waals surface area contributed by atoms with Crippen molar-refractivity contribution in [2.75, 3.05) is 10.6 Å². The summed E-state index contributed by atoms with van der Waals surface area (Å²) in [5.74, 6) is 0. The van der Waals surface area contributed by atoms with Crippen LogP contribution in [-0.4, -0.2) is 0 Å². The second-order valence-corrected chi connectivity index (χ2v) is 9.33. The Bertz CT molecular complexity index is 1600. The molecule has 0 heterocycles. The Labute approximate surface area is 224 Å². The van der Waals surface area contributed by atoms with Crippen molar-refractivity contribution < 1.29 is 0 Å². The van der Waals surface area contributed by atoms with Crippen LogP contribution in [0.3, 0.4) is 0 Å². The zero-order valence-electron chi connectivity index (χ0n) is 21.0. The zero-order valence-corrected chi connectivity index (χ0v) is 21.0. The molecule has 38 heavy (non-hydrogen) atoms. The summed E-state index contributed by atoms with van der Waals surface area (Å²) >= 11 is 0. The Morgan fingerprint density at radius 1 is 0.289 bits per heavy atom. The van der Waals surface area contributed by atoms with Crippen molar-refractivity contribution in [3.05, 3.63) is 158 Å². The molecule has 0 aliphatic heterocycles. The van der Waals surface area contributed by atoms with Gasteiger partial charge < -0.3 is 10.6 Å². The zero-order chi connectivity index (χ0) is 25.7. The third-order valence-electron chi connectivity index (χ3n) is 6.83. The van der Waals surface area contributed by atoms with Crippen LogP contribution in [0.25, 0.3) is 33.4 Å². The van der Waals surface area contributed by atoms with Gasteiger partial charge in [0.1, 0.15) is 0 Å². The molecule has 0 amide bonds. The molecule has 0 radical (unpaired) electrons. The molecule has 0 saturated heterocycles. The lowest BCUT2D eigenvalue weighted by atomic mass is 10.00. The summed E-state index contributed by atoms with van der Waals surface area (Å²) in [5.41, 5.74) is 17.1. The molecular weight excluding hydrogens is 460 g/mol. The second kappa shape index (κ2) is 10.5. The predicted molar refractivity (Wildman–Crippen MR) is 162 cm³/mol. The number of nitrogens with two attached hydrogens (primary N) is 1. The largest absolute Gasteiger partial charge is 0.399 e. The van der Waals surface area contributed by atoms with Crippen LogP contribution in [0, 0.1) is 0 Å². The van der Waals surface area contributed by atoms with Crippen LogP contribution in [-0.2, 0) is 0 Å². The van der Waals surface area contributed by atoms with Gasteiger partial charge in [0.2, 0.25) is 0 Å². The number of nitrogen functional groups attached to an aromatic ring is 1. The van der Waals surface area contributed by atoms with Crippen molar-refractivity contribution in [3.8, 4) is 33.4 Å². The van der Waals surface area contributed by atoms with E-state index in [0.29, 0.717) is 0 Å². The lowest BCUT2D eigenvalue weighted by Crippen LogP contribution is -2.09. The van der Waals surface area contributed by atoms with Crippen molar-refractivity contribution in [1.29, 1.82) is 0 Å². The van der Waals surface area contributed by atoms with Gasteiger partial charge >= 0.3 is 0 Å². The smallest absolute Gasteiger partial charge is 0.0462 e. The van der Waals surface area contributed by atoms with Crippen LogP contribution in [0.4, 0.5) is 22.7 Å². The number of anilines is 4. The lowest BCUT2D eigenvalue weighted by molar-refractivity contribution is 1.28. The Kier molecular flexibility index (Phi) is 6.44. The third-order valence-corrected chi connectivity index (χ3v) is 6.83. The summed E-state index contributed by atoms with van der Waals surface area (Å²) < 4.78 is 0. The highest BCUT2D eigenvalue weighted by molar-refractivity contribution is 5.80. The third kappa shape index (κ3) is 4.93. The maximum absolute atomic E-state index is 5.84. The molecular formula is C36H28N2. The average molecular weight is 489 g/mol. The van der Waals surface area contributed by atoms with Crippen LogP contribution >= 0.6 is 0 Å². The van der Waals surface area contributed by atoms with Gasteiger partial charge in [-0.05, 0) is 81.9 Å². The minimum atomic E-state index is 0.780. The maximum Gasteiger partial charge on any atom is 0.0462 e. The number of para-hydroxylation sites is 1. The van der Waals surface area contributed by atoms with Gasteiger partial charge in [0, 0.05) is 22.7 Å². The number of hydrogen-bond donors (Lipinski definition) is 1. The Morgan fingerprint density at radius 3 is 1.00 bits per heavy atom. The van der Waals surface area contributed by atoms with E-state index in [1.165, 1.54) is 27.8 Å². The van der Waals surface area contributed by atoms with Crippen molar-refractivity contribution in [2.45, 2.75) is 0 Å². The summed E-state index contributed by atoms with van der Waals surface area (Å²) in [6.07, 6.45) is 0. The Hall–Kier alpha value is -5.08. The standard InChI is InChI=1S/C36H28N2/c37-33-21-15-30(16-22-33)28-11-13-29(14-12-28)32-19-25-36(26-20-32)38(34-9-5-2-6-10-34)35-23-17-31(18-24-35)27-7-3-1-4-8-27/h1-26H,37H2. The van der Waals surface area contributed by atoms with Gasteiger partial charge in [-0.3, -0.25) is 0 Å². The van der Waals surface area contributed by atoms with Crippen LogP contribution in [0.5, 0.6) is 0 Å². The molecule has 0 spiro atoms. The fraction of sp³-hybridized carbons (Fsp3) is 0. The van der Waals surface area contributed by atoms with Gasteiger partial charge in [0.15, 0.2) is 0 Å². The van der Waals surface area contributed by atoms with Crippen LogP contribution in [0.15, 0.2) is 158 Å². The molecule has 2 nitrogen and oxygen atoms in total. The molecule has 6 aromatic rings. The molecule has 2 N–H and O–H groups in total. The molecule has 0 aliphatic carbocycles. The first kappa shape index (κ1) is 23.3. The average Bonchev–Trinajstić information content (AvgIpc) is 3.00. The molecule has 0 aromatic heterocycles. The first-order valence-electron chi connectivity index (χ1n) is 12.8. The molecule has 0 unspecified atom stereocenters. The highest BCUT2D eigenvalue weighted by Gasteiger charge is 2.13. The van der Waals surface area contributed by atoms with E-state index in [0.717, 1.165) is 28.3 Å². The molecule has 182 valence electrons. The fourth-order valence-electron chi connectivity index (χ4n) is 4.79. The summed E-state index contributed by atoms with van der Waals surface area (Å²) in [4.78, 5) is 2.29. The topological polar surface area (TPSA) is 29.3 Å². The van der Waals surface area contributed by atoms with Crippen molar-refractivity contribution in [1.82, 2.24) is 0 Å². The molecule has 0 atom stereocenters. The molecule has 0 bridgehead atoms. The maximum atomic E-state index is 5.84. The van der Waals surface area contributed by atoms with E-state index in [9.17, 15) is 0 Å². The van der Waals surface area contributed by atoms with Gasteiger partial charge in [-0.1, -0.05) is 109 Å². The fourth-order valence-corrected chi connectivity index (χ4v) is 4.79. The normalized spacial score (nSPS) is 10.7. The van der Waals surface area contributed by atoms with E-state index in [2.05, 4.69) is 144 Å². The van der Waals surface area contributed by atoms with Crippen LogP contribution < -0.4 is 10.6 Å². The van der Waals surface area contributed by atoms with E-state index in [1.807, 2.05) is 18.2 Å². The summed E-state index contributed by atoms with van der Waals surface area (Å²) in [6.45, 7) is 0. The molecule has 6 aromatic carbocycles. The quantitative estimate of drug-likeness (QED) is 0.236. The van der Waals surface area contributed by atoms with Crippen LogP contribution in [0.1, 0.15) is 0 Å². The molecule has 6 rings (SSSR count). The minimum Gasteiger partial charge on any atom is -0.399 e. The molecule has 0 aliphatic rings. The highest BCUT2D eigenvalue weighted by atomic mass is 15.1. The van der Waals surface area contributed by atoms with Crippen LogP contribution in [0.2, 0.25) is 0 Å². The number of hydrogen-bond acceptors (Lipinski definition) is 2.